The molecule has 0 fully saturated rings. The monoisotopic (exact) mass is 215 g/mol. The van der Waals surface area contributed by atoms with Crippen molar-refractivity contribution in [2.75, 3.05) is 20.3 Å². The maximum atomic E-state index is 10.9. The number of aliphatic imine (C=N–C) groups is 1. The zero-order valence-corrected chi connectivity index (χ0v) is 8.30. The van der Waals surface area contributed by atoms with Crippen molar-refractivity contribution in [3.63, 3.8) is 0 Å². The second kappa shape index (κ2) is 7.36. The molecule has 7 heteroatoms. The fourth-order valence-electron chi connectivity index (χ4n) is 0.573. The van der Waals surface area contributed by atoms with Gasteiger partial charge in [-0.1, -0.05) is 0 Å². The Morgan fingerprint density at radius 2 is 1.87 bits per heavy atom. The van der Waals surface area contributed by atoms with Crippen LogP contribution in [0.4, 0.5) is 0 Å². The van der Waals surface area contributed by atoms with Crippen molar-refractivity contribution < 1.29 is 19.1 Å². The predicted molar refractivity (Wildman–Crippen MR) is 52.8 cm³/mol. The molecule has 0 spiro atoms. The quantitative estimate of drug-likeness (QED) is 0.190. The van der Waals surface area contributed by atoms with Gasteiger partial charge in [0.05, 0.1) is 13.7 Å². The molecule has 0 aromatic carbocycles. The molecule has 0 atom stereocenters. The first-order chi connectivity index (χ1) is 7.06. The zero-order valence-electron chi connectivity index (χ0n) is 8.30. The Hall–Kier alpha value is -2.05. The summed E-state index contributed by atoms with van der Waals surface area (Å²) in [5, 5.41) is 0. The van der Waals surface area contributed by atoms with Gasteiger partial charge in [-0.15, -0.1) is 0 Å². The average molecular weight is 215 g/mol. The molecule has 4 N–H and O–H groups in total. The van der Waals surface area contributed by atoms with Gasteiger partial charge in [0.25, 0.3) is 0 Å². The second-order valence-electron chi connectivity index (χ2n) is 2.33. The molecule has 0 heterocycles. The van der Waals surface area contributed by atoms with Gasteiger partial charge in [-0.3, -0.25) is 4.99 Å². The molecule has 0 aromatic heterocycles. The molecule has 0 aromatic rings. The molecule has 0 rings (SSSR count). The van der Waals surface area contributed by atoms with Crippen molar-refractivity contribution in [2.45, 2.75) is 0 Å². The molecule has 0 saturated heterocycles. The second-order valence-corrected chi connectivity index (χ2v) is 2.33. The highest BCUT2D eigenvalue weighted by molar-refractivity contribution is 5.91. The van der Waals surface area contributed by atoms with Gasteiger partial charge >= 0.3 is 11.9 Å². The molecule has 0 aliphatic carbocycles. The normalized spacial score (nSPS) is 9.67. The number of rotatable bonds is 5. The van der Waals surface area contributed by atoms with E-state index < -0.39 is 11.9 Å². The molecule has 0 bridgehead atoms. The van der Waals surface area contributed by atoms with Crippen LogP contribution in [0.2, 0.25) is 0 Å². The molecule has 84 valence electrons. The first kappa shape index (κ1) is 12.9. The summed E-state index contributed by atoms with van der Waals surface area (Å²) in [7, 11) is 1.21. The first-order valence-electron chi connectivity index (χ1n) is 4.04. The van der Waals surface area contributed by atoms with Crippen LogP contribution < -0.4 is 11.5 Å². The van der Waals surface area contributed by atoms with Gasteiger partial charge in [0.1, 0.15) is 6.61 Å². The van der Waals surface area contributed by atoms with Gasteiger partial charge in [-0.2, -0.15) is 0 Å². The van der Waals surface area contributed by atoms with Crippen LogP contribution in [0, 0.1) is 0 Å². The van der Waals surface area contributed by atoms with E-state index in [1.807, 2.05) is 0 Å². The SMILES string of the molecule is COC(=O)/C=C/C(=O)OCCN=C(N)N. The zero-order chi connectivity index (χ0) is 11.7. The number of guanidine groups is 1. The number of hydrogen-bond donors (Lipinski definition) is 2. The lowest BCUT2D eigenvalue weighted by atomic mass is 10.5. The number of esters is 2. The predicted octanol–water partition coefficient (Wildman–Crippen LogP) is -1.47. The topological polar surface area (TPSA) is 117 Å². The maximum absolute atomic E-state index is 10.9. The lowest BCUT2D eigenvalue weighted by molar-refractivity contribution is -0.139. The summed E-state index contributed by atoms with van der Waals surface area (Å²) in [6, 6.07) is 0. The minimum absolute atomic E-state index is 0.0439. The van der Waals surface area contributed by atoms with E-state index in [1.165, 1.54) is 7.11 Å². The van der Waals surface area contributed by atoms with Crippen molar-refractivity contribution in [3.05, 3.63) is 12.2 Å². The number of ether oxygens (including phenoxy) is 2. The average Bonchev–Trinajstić information content (AvgIpc) is 2.20. The number of nitrogens with two attached hydrogens (primary N) is 2. The van der Waals surface area contributed by atoms with E-state index in [1.54, 1.807) is 0 Å². The van der Waals surface area contributed by atoms with E-state index in [-0.39, 0.29) is 19.1 Å². The Balaban J connectivity index is 3.71. The number of carbonyl (C=O) groups excluding carboxylic acids is 2. The number of methoxy groups -OCH3 is 1. The highest BCUT2D eigenvalue weighted by Gasteiger charge is 1.98. The van der Waals surface area contributed by atoms with Gasteiger partial charge in [0, 0.05) is 12.2 Å². The summed E-state index contributed by atoms with van der Waals surface area (Å²) < 4.78 is 8.90. The molecule has 0 aliphatic rings. The fraction of sp³-hybridized carbons (Fsp3) is 0.375. The number of nitrogens with zero attached hydrogens (tertiary/aromatic N) is 1. The van der Waals surface area contributed by atoms with Crippen LogP contribution in [0.5, 0.6) is 0 Å². The molecule has 7 nitrogen and oxygen atoms in total. The Morgan fingerprint density at radius 3 is 2.40 bits per heavy atom. The molecule has 0 amide bonds. The van der Waals surface area contributed by atoms with E-state index in [2.05, 4.69) is 14.5 Å². The summed E-state index contributed by atoms with van der Waals surface area (Å²) in [5.74, 6) is -1.36. The van der Waals surface area contributed by atoms with Gasteiger partial charge in [0.2, 0.25) is 0 Å². The van der Waals surface area contributed by atoms with Crippen molar-refractivity contribution >= 4 is 17.9 Å². The third kappa shape index (κ3) is 8.28. The fourth-order valence-corrected chi connectivity index (χ4v) is 0.573. The molecule has 0 aliphatic heterocycles. The van der Waals surface area contributed by atoms with E-state index >= 15 is 0 Å². The summed E-state index contributed by atoms with van der Waals surface area (Å²) in [5.41, 5.74) is 10.1. The molecule has 0 saturated carbocycles. The van der Waals surface area contributed by atoms with Crippen LogP contribution >= 0.6 is 0 Å². The standard InChI is InChI=1S/C8H13N3O4/c1-14-6(12)2-3-7(13)15-5-4-11-8(9)10/h2-3H,4-5H2,1H3,(H4,9,10,11)/b3-2+. The van der Waals surface area contributed by atoms with E-state index in [4.69, 9.17) is 11.5 Å². The van der Waals surface area contributed by atoms with Crippen LogP contribution in [-0.4, -0.2) is 38.2 Å². The molecule has 0 unspecified atom stereocenters. The van der Waals surface area contributed by atoms with Crippen LogP contribution in [0.1, 0.15) is 0 Å². The van der Waals surface area contributed by atoms with Crippen LogP contribution in [0.3, 0.4) is 0 Å². The van der Waals surface area contributed by atoms with Crippen molar-refractivity contribution in [1.82, 2.24) is 0 Å². The lowest BCUT2D eigenvalue weighted by Gasteiger charge is -1.98. The van der Waals surface area contributed by atoms with E-state index in [9.17, 15) is 9.59 Å². The Bertz CT molecular complexity index is 282. The van der Waals surface area contributed by atoms with Crippen molar-refractivity contribution in [3.8, 4) is 0 Å². The summed E-state index contributed by atoms with van der Waals surface area (Å²) in [6.07, 6.45) is 1.92. The Kier molecular flexibility index (Phi) is 6.36. The highest BCUT2D eigenvalue weighted by Crippen LogP contribution is 1.84. The van der Waals surface area contributed by atoms with Gasteiger partial charge in [-0.05, 0) is 0 Å². The van der Waals surface area contributed by atoms with Gasteiger partial charge < -0.3 is 20.9 Å². The minimum Gasteiger partial charge on any atom is -0.466 e. The number of hydrogen-bond acceptors (Lipinski definition) is 5. The largest absolute Gasteiger partial charge is 0.466 e. The van der Waals surface area contributed by atoms with Crippen LogP contribution in [-0.2, 0) is 19.1 Å². The van der Waals surface area contributed by atoms with Crippen LogP contribution in [0.15, 0.2) is 17.1 Å². The van der Waals surface area contributed by atoms with E-state index in [0.29, 0.717) is 0 Å². The summed E-state index contributed by atoms with van der Waals surface area (Å²) in [6.45, 7) is 0.225. The molecule has 0 radical (unpaired) electrons. The lowest BCUT2D eigenvalue weighted by Crippen LogP contribution is -2.23. The maximum Gasteiger partial charge on any atom is 0.331 e. The van der Waals surface area contributed by atoms with Crippen LogP contribution in [0.25, 0.3) is 0 Å². The highest BCUT2D eigenvalue weighted by atomic mass is 16.5. The Morgan fingerprint density at radius 1 is 1.27 bits per heavy atom. The minimum atomic E-state index is -0.661. The van der Waals surface area contributed by atoms with E-state index in [0.717, 1.165) is 12.2 Å². The summed E-state index contributed by atoms with van der Waals surface area (Å²) >= 11 is 0. The van der Waals surface area contributed by atoms with Crippen molar-refractivity contribution in [2.24, 2.45) is 16.5 Å². The molecular formula is C8H13N3O4. The van der Waals surface area contributed by atoms with Crippen molar-refractivity contribution in [1.29, 1.82) is 0 Å². The molecular weight excluding hydrogens is 202 g/mol. The molecule has 15 heavy (non-hydrogen) atoms. The Labute approximate surface area is 86.7 Å². The third-order valence-corrected chi connectivity index (χ3v) is 1.19. The van der Waals surface area contributed by atoms with Gasteiger partial charge in [-0.25, -0.2) is 9.59 Å². The number of carbonyl (C=O) groups is 2. The first-order valence-corrected chi connectivity index (χ1v) is 4.04. The smallest absolute Gasteiger partial charge is 0.331 e. The third-order valence-electron chi connectivity index (χ3n) is 1.19. The summed E-state index contributed by atoms with van der Waals surface area (Å²) in [4.78, 5) is 25.0. The van der Waals surface area contributed by atoms with Gasteiger partial charge in [0.15, 0.2) is 5.96 Å².